The summed E-state index contributed by atoms with van der Waals surface area (Å²) in [6.07, 6.45) is 11.8. The molecule has 1 spiro atoms. The molecule has 2 aliphatic heterocycles. The maximum absolute atomic E-state index is 12.2. The summed E-state index contributed by atoms with van der Waals surface area (Å²) in [7, 11) is 0. The van der Waals surface area contributed by atoms with Crippen LogP contribution in [0.15, 0.2) is 11.6 Å². The monoisotopic (exact) mass is 470 g/mol. The summed E-state index contributed by atoms with van der Waals surface area (Å²) in [4.78, 5) is 23.6. The van der Waals surface area contributed by atoms with Crippen LogP contribution in [0.5, 0.6) is 0 Å². The van der Waals surface area contributed by atoms with Crippen LogP contribution in [0, 0.1) is 40.4 Å². The van der Waals surface area contributed by atoms with E-state index >= 15 is 0 Å². The van der Waals surface area contributed by atoms with Gasteiger partial charge in [-0.3, -0.25) is 9.59 Å². The van der Waals surface area contributed by atoms with E-state index in [1.165, 1.54) is 25.3 Å². The van der Waals surface area contributed by atoms with Crippen molar-refractivity contribution in [3.63, 3.8) is 0 Å². The number of hydrogen-bond donors (Lipinski definition) is 0. The van der Waals surface area contributed by atoms with Crippen molar-refractivity contribution >= 4 is 11.8 Å². The van der Waals surface area contributed by atoms with E-state index in [0.717, 1.165) is 38.5 Å². The highest BCUT2D eigenvalue weighted by molar-refractivity contribution is 5.82. The van der Waals surface area contributed by atoms with Crippen LogP contribution in [0.3, 0.4) is 0 Å². The molecule has 2 heterocycles. The Bertz CT molecular complexity index is 941. The van der Waals surface area contributed by atoms with Gasteiger partial charge in [0.1, 0.15) is 18.0 Å². The molecular formula is C29H42O5. The van der Waals surface area contributed by atoms with Gasteiger partial charge in [0.15, 0.2) is 5.79 Å². The van der Waals surface area contributed by atoms with Gasteiger partial charge >= 0.3 is 5.97 Å². The normalized spacial score (nSPS) is 53.7. The molecule has 0 unspecified atom stereocenters. The van der Waals surface area contributed by atoms with E-state index in [4.69, 9.17) is 14.2 Å². The first kappa shape index (κ1) is 23.2. The molecule has 0 radical (unpaired) electrons. The Morgan fingerprint density at radius 1 is 1.15 bits per heavy atom. The van der Waals surface area contributed by atoms with Crippen LogP contribution in [0.1, 0.15) is 92.4 Å². The van der Waals surface area contributed by atoms with Crippen LogP contribution in [-0.4, -0.2) is 35.9 Å². The maximum Gasteiger partial charge on any atom is 0.302 e. The Morgan fingerprint density at radius 3 is 2.71 bits per heavy atom. The lowest BCUT2D eigenvalue weighted by Gasteiger charge is -2.57. The Hall–Kier alpha value is -1.20. The fourth-order valence-corrected chi connectivity index (χ4v) is 9.87. The Morgan fingerprint density at radius 2 is 1.94 bits per heavy atom. The lowest BCUT2D eigenvalue weighted by Crippen LogP contribution is -2.51. The highest BCUT2D eigenvalue weighted by Gasteiger charge is 2.70. The first-order chi connectivity index (χ1) is 16.0. The van der Waals surface area contributed by atoms with Crippen molar-refractivity contribution in [2.75, 3.05) is 6.61 Å². The molecule has 0 aromatic heterocycles. The molecule has 0 N–H and O–H groups in total. The number of fused-ring (bicyclic) bond motifs is 7. The minimum Gasteiger partial charge on any atom is -0.463 e. The minimum atomic E-state index is -0.537. The highest BCUT2D eigenvalue weighted by Crippen LogP contribution is 2.71. The van der Waals surface area contributed by atoms with Gasteiger partial charge in [0.05, 0.1) is 6.10 Å². The van der Waals surface area contributed by atoms with Crippen LogP contribution >= 0.6 is 0 Å². The van der Waals surface area contributed by atoms with Crippen molar-refractivity contribution < 1.29 is 23.8 Å². The predicted octanol–water partition coefficient (Wildman–Crippen LogP) is 5.61. The number of rotatable bonds is 2. The number of allylic oxidation sites excluding steroid dienone is 2. The van der Waals surface area contributed by atoms with E-state index < -0.39 is 11.4 Å². The first-order valence-electron chi connectivity index (χ1n) is 13.7. The number of carbonyl (C=O) groups excluding carboxylic acids is 2. The quantitative estimate of drug-likeness (QED) is 0.388. The number of hydrogen-bond acceptors (Lipinski definition) is 5. The molecule has 6 aliphatic rings. The van der Waals surface area contributed by atoms with E-state index in [0.29, 0.717) is 48.4 Å². The van der Waals surface area contributed by atoms with Gasteiger partial charge in [0.25, 0.3) is 0 Å². The molecule has 3 saturated carbocycles. The average Bonchev–Trinajstić information content (AvgIpc) is 3.37. The van der Waals surface area contributed by atoms with Gasteiger partial charge in [-0.15, -0.1) is 0 Å². The van der Waals surface area contributed by atoms with Crippen molar-refractivity contribution in [2.24, 2.45) is 40.4 Å². The summed E-state index contributed by atoms with van der Waals surface area (Å²) < 4.78 is 18.9. The SMILES string of the molecule is CC(=O)OC[C@]1(C)CC[C@]2(O[C@@H]3C[C@@H]4[C@@H]5CC=C6CC(=O)CC[C@]6(C)[C@@H]5CC[C@@]4(C)[C@@H]3[C@H]2C)O1. The van der Waals surface area contributed by atoms with Gasteiger partial charge in [0.2, 0.25) is 0 Å². The van der Waals surface area contributed by atoms with Gasteiger partial charge in [-0.1, -0.05) is 32.4 Å². The van der Waals surface area contributed by atoms with Crippen LogP contribution < -0.4 is 0 Å². The van der Waals surface area contributed by atoms with Crippen LogP contribution in [0.25, 0.3) is 0 Å². The molecule has 34 heavy (non-hydrogen) atoms. The summed E-state index contributed by atoms with van der Waals surface area (Å²) in [5.41, 5.74) is 1.48. The van der Waals surface area contributed by atoms with Gasteiger partial charge in [-0.25, -0.2) is 0 Å². The second-order valence-electron chi connectivity index (χ2n) is 13.4. The van der Waals surface area contributed by atoms with Crippen molar-refractivity contribution in [2.45, 2.75) is 110 Å². The molecule has 188 valence electrons. The largest absolute Gasteiger partial charge is 0.463 e. The maximum atomic E-state index is 12.2. The standard InChI is InChI=1S/C29H42O5/c1-17-25-24(33-29(17)13-12-26(3,34-29)16-32-18(2)30)15-23-21-7-6-19-14-20(31)8-10-27(19,4)22(21)9-11-28(23,25)5/h6,17,21-25H,7-16H2,1-5H3/t17-,21-,22-,23-,24-,25-,26+,27+,28-,29+/m1/s1. The molecule has 5 heteroatoms. The van der Waals surface area contributed by atoms with Gasteiger partial charge in [0, 0.05) is 32.1 Å². The number of ketones is 1. The molecule has 0 aromatic rings. The van der Waals surface area contributed by atoms with Gasteiger partial charge in [-0.05, 0) is 80.0 Å². The highest BCUT2D eigenvalue weighted by atomic mass is 16.7. The number of ether oxygens (including phenoxy) is 3. The smallest absolute Gasteiger partial charge is 0.302 e. The number of carbonyl (C=O) groups is 2. The van der Waals surface area contributed by atoms with Crippen molar-refractivity contribution in [3.8, 4) is 0 Å². The third-order valence-electron chi connectivity index (χ3n) is 11.6. The number of esters is 1. The van der Waals surface area contributed by atoms with Crippen LogP contribution in [0.4, 0.5) is 0 Å². The molecule has 0 bridgehead atoms. The molecular weight excluding hydrogens is 428 g/mol. The third kappa shape index (κ3) is 3.11. The van der Waals surface area contributed by atoms with Crippen molar-refractivity contribution in [1.82, 2.24) is 0 Å². The fourth-order valence-electron chi connectivity index (χ4n) is 9.87. The van der Waals surface area contributed by atoms with E-state index in [2.05, 4.69) is 33.8 Å². The van der Waals surface area contributed by atoms with E-state index in [-0.39, 0.29) is 22.9 Å². The molecule has 2 saturated heterocycles. The van der Waals surface area contributed by atoms with Crippen molar-refractivity contribution in [1.29, 1.82) is 0 Å². The first-order valence-corrected chi connectivity index (χ1v) is 13.7. The van der Waals surface area contributed by atoms with E-state index in [1.807, 2.05) is 0 Å². The van der Waals surface area contributed by atoms with Gasteiger partial charge in [-0.2, -0.15) is 0 Å². The van der Waals surface area contributed by atoms with E-state index in [9.17, 15) is 9.59 Å². The summed E-state index contributed by atoms with van der Waals surface area (Å²) >= 11 is 0. The molecule has 4 aliphatic carbocycles. The lowest BCUT2D eigenvalue weighted by molar-refractivity contribution is -0.263. The zero-order valence-corrected chi connectivity index (χ0v) is 21.7. The second kappa shape index (κ2) is 7.41. The summed E-state index contributed by atoms with van der Waals surface area (Å²) in [5.74, 6) is 2.58. The number of Topliss-reactive ketones (excluding diaryl/α,β-unsaturated/α-hetero) is 1. The van der Waals surface area contributed by atoms with Gasteiger partial charge < -0.3 is 14.2 Å². The molecule has 10 atom stereocenters. The lowest BCUT2D eigenvalue weighted by atomic mass is 9.47. The topological polar surface area (TPSA) is 61.8 Å². The summed E-state index contributed by atoms with van der Waals surface area (Å²) in [5, 5.41) is 0. The minimum absolute atomic E-state index is 0.219. The average molecular weight is 471 g/mol. The molecule has 5 nitrogen and oxygen atoms in total. The molecule has 0 amide bonds. The summed E-state index contributed by atoms with van der Waals surface area (Å²) in [6, 6.07) is 0. The molecule has 0 aromatic carbocycles. The second-order valence-corrected chi connectivity index (χ2v) is 13.4. The van der Waals surface area contributed by atoms with Crippen molar-refractivity contribution in [3.05, 3.63) is 11.6 Å². The Balaban J connectivity index is 1.23. The predicted molar refractivity (Wildman–Crippen MR) is 128 cm³/mol. The Kier molecular flexibility index (Phi) is 5.06. The zero-order chi connectivity index (χ0) is 24.1. The fraction of sp³-hybridized carbons (Fsp3) is 0.862. The Labute approximate surface area is 204 Å². The van der Waals surface area contributed by atoms with Crippen LogP contribution in [0.2, 0.25) is 0 Å². The summed E-state index contributed by atoms with van der Waals surface area (Å²) in [6.45, 7) is 11.2. The van der Waals surface area contributed by atoms with E-state index in [1.54, 1.807) is 0 Å². The molecule has 6 rings (SSSR count). The zero-order valence-electron chi connectivity index (χ0n) is 21.7. The van der Waals surface area contributed by atoms with Crippen LogP contribution in [-0.2, 0) is 23.8 Å². The molecule has 5 fully saturated rings. The third-order valence-corrected chi connectivity index (χ3v) is 11.6.